The van der Waals surface area contributed by atoms with Crippen LogP contribution in [-0.4, -0.2) is 32.3 Å². The fourth-order valence-electron chi connectivity index (χ4n) is 3.76. The molecule has 1 aliphatic heterocycles. The van der Waals surface area contributed by atoms with Crippen LogP contribution in [0.25, 0.3) is 0 Å². The van der Waals surface area contributed by atoms with E-state index in [1.54, 1.807) is 0 Å². The van der Waals surface area contributed by atoms with E-state index in [1.165, 1.54) is 32.1 Å². The minimum absolute atomic E-state index is 0.156. The van der Waals surface area contributed by atoms with Gasteiger partial charge < -0.3 is 5.32 Å². The summed E-state index contributed by atoms with van der Waals surface area (Å²) in [6.45, 7) is 0.955. The lowest BCUT2D eigenvalue weighted by Crippen LogP contribution is -2.57. The topological polar surface area (TPSA) is 58.2 Å². The van der Waals surface area contributed by atoms with Gasteiger partial charge in [-0.3, -0.25) is 0 Å². The summed E-state index contributed by atoms with van der Waals surface area (Å²) in [7, 11) is -3.05. The predicted octanol–water partition coefficient (Wildman–Crippen LogP) is 1.77. The zero-order valence-electron chi connectivity index (χ0n) is 11.7. The molecule has 1 saturated heterocycles. The van der Waals surface area contributed by atoms with Gasteiger partial charge in [-0.15, -0.1) is 0 Å². The molecule has 0 aromatic heterocycles. The van der Waals surface area contributed by atoms with E-state index in [0.29, 0.717) is 11.7 Å². The van der Waals surface area contributed by atoms with Crippen molar-refractivity contribution in [3.8, 4) is 0 Å². The molecule has 5 heteroatoms. The number of nitrogens with one attached hydrogen (secondary N) is 2. The molecule has 3 aliphatic rings. The minimum Gasteiger partial charge on any atom is -0.311 e. The number of piperidine rings is 1. The molecule has 1 heterocycles. The van der Waals surface area contributed by atoms with Crippen molar-refractivity contribution in [3.05, 3.63) is 0 Å². The first-order valence-corrected chi connectivity index (χ1v) is 9.47. The van der Waals surface area contributed by atoms with Gasteiger partial charge in [-0.1, -0.05) is 19.3 Å². The summed E-state index contributed by atoms with van der Waals surface area (Å²) in [6.07, 6.45) is 10.4. The molecule has 0 aromatic carbocycles. The highest BCUT2D eigenvalue weighted by Gasteiger charge is 2.38. The quantitative estimate of drug-likeness (QED) is 0.828. The molecule has 0 aromatic rings. The molecule has 1 spiro atoms. The van der Waals surface area contributed by atoms with E-state index < -0.39 is 10.0 Å². The van der Waals surface area contributed by atoms with Gasteiger partial charge in [0.25, 0.3) is 0 Å². The normalized spacial score (nSPS) is 31.5. The average Bonchev–Trinajstić information content (AvgIpc) is 3.12. The molecule has 1 atom stereocenters. The summed E-state index contributed by atoms with van der Waals surface area (Å²) in [5, 5.41) is 3.67. The maximum absolute atomic E-state index is 12.1. The summed E-state index contributed by atoms with van der Waals surface area (Å²) in [5.41, 5.74) is 0.225. The summed E-state index contributed by atoms with van der Waals surface area (Å²) in [5.74, 6) is 0.784. The Hall–Kier alpha value is -0.130. The fourth-order valence-corrected chi connectivity index (χ4v) is 5.52. The van der Waals surface area contributed by atoms with Crippen LogP contribution >= 0.6 is 0 Å². The Bertz CT molecular complexity index is 406. The van der Waals surface area contributed by atoms with Crippen molar-refractivity contribution in [2.75, 3.05) is 12.3 Å². The Kier molecular flexibility index (Phi) is 3.89. The number of sulfonamides is 1. The van der Waals surface area contributed by atoms with Crippen molar-refractivity contribution < 1.29 is 8.42 Å². The first-order chi connectivity index (χ1) is 9.07. The van der Waals surface area contributed by atoms with Gasteiger partial charge in [0.1, 0.15) is 0 Å². The van der Waals surface area contributed by atoms with E-state index in [9.17, 15) is 8.42 Å². The van der Waals surface area contributed by atoms with Gasteiger partial charge in [0.2, 0.25) is 10.0 Å². The molecule has 0 bridgehead atoms. The third kappa shape index (κ3) is 3.70. The van der Waals surface area contributed by atoms with Crippen LogP contribution in [0.15, 0.2) is 0 Å². The Morgan fingerprint density at radius 1 is 1.11 bits per heavy atom. The van der Waals surface area contributed by atoms with E-state index in [-0.39, 0.29) is 11.6 Å². The van der Waals surface area contributed by atoms with Crippen LogP contribution in [0.1, 0.15) is 57.8 Å². The largest absolute Gasteiger partial charge is 0.311 e. The molecular formula is C14H26N2O2S. The third-order valence-corrected chi connectivity index (χ3v) is 6.54. The monoisotopic (exact) mass is 286 g/mol. The van der Waals surface area contributed by atoms with E-state index in [4.69, 9.17) is 0 Å². The Labute approximate surface area is 116 Å². The second-order valence-electron chi connectivity index (χ2n) is 6.80. The van der Waals surface area contributed by atoms with Crippen molar-refractivity contribution in [1.29, 1.82) is 0 Å². The molecule has 1 unspecified atom stereocenters. The van der Waals surface area contributed by atoms with E-state index in [1.807, 2.05) is 0 Å². The highest BCUT2D eigenvalue weighted by Crippen LogP contribution is 2.35. The Balaban J connectivity index is 1.58. The Morgan fingerprint density at radius 2 is 1.84 bits per heavy atom. The van der Waals surface area contributed by atoms with Gasteiger partial charge in [0.15, 0.2) is 0 Å². The predicted molar refractivity (Wildman–Crippen MR) is 76.5 cm³/mol. The van der Waals surface area contributed by atoms with Crippen molar-refractivity contribution in [3.63, 3.8) is 0 Å². The van der Waals surface area contributed by atoms with Crippen LogP contribution < -0.4 is 10.0 Å². The second kappa shape index (κ2) is 5.34. The number of rotatable bonds is 4. The maximum Gasteiger partial charge on any atom is 0.212 e. The highest BCUT2D eigenvalue weighted by atomic mass is 32.2. The zero-order chi connectivity index (χ0) is 13.3. The van der Waals surface area contributed by atoms with Crippen LogP contribution in [0.4, 0.5) is 0 Å². The lowest BCUT2D eigenvalue weighted by molar-refractivity contribution is 0.165. The fraction of sp³-hybridized carbons (Fsp3) is 1.00. The standard InChI is InChI=1S/C14H26N2O2S/c17-19(18,11-12-4-5-12)16-13-6-9-15-14(10-13)7-2-1-3-8-14/h12-13,15-16H,1-11H2. The van der Waals surface area contributed by atoms with Gasteiger partial charge in [-0.25, -0.2) is 13.1 Å². The zero-order valence-corrected chi connectivity index (χ0v) is 12.5. The van der Waals surface area contributed by atoms with Crippen molar-refractivity contribution in [2.45, 2.75) is 69.4 Å². The highest BCUT2D eigenvalue weighted by molar-refractivity contribution is 7.89. The molecule has 0 radical (unpaired) electrons. The van der Waals surface area contributed by atoms with Crippen LogP contribution in [0.3, 0.4) is 0 Å². The summed E-state index contributed by atoms with van der Waals surface area (Å²) < 4.78 is 27.1. The molecule has 3 fully saturated rings. The summed E-state index contributed by atoms with van der Waals surface area (Å²) >= 11 is 0. The maximum atomic E-state index is 12.1. The van der Waals surface area contributed by atoms with E-state index in [2.05, 4.69) is 10.0 Å². The van der Waals surface area contributed by atoms with Gasteiger partial charge in [0, 0.05) is 11.6 Å². The number of hydrogen-bond acceptors (Lipinski definition) is 3. The van der Waals surface area contributed by atoms with Gasteiger partial charge >= 0.3 is 0 Å². The molecule has 3 rings (SSSR count). The molecule has 2 aliphatic carbocycles. The van der Waals surface area contributed by atoms with E-state index >= 15 is 0 Å². The summed E-state index contributed by atoms with van der Waals surface area (Å²) in [4.78, 5) is 0. The molecule has 2 N–H and O–H groups in total. The minimum atomic E-state index is -3.05. The van der Waals surface area contributed by atoms with Crippen molar-refractivity contribution in [1.82, 2.24) is 10.0 Å². The average molecular weight is 286 g/mol. The summed E-state index contributed by atoms with van der Waals surface area (Å²) in [6, 6.07) is 0.156. The lowest BCUT2D eigenvalue weighted by atomic mass is 9.75. The Morgan fingerprint density at radius 3 is 2.53 bits per heavy atom. The van der Waals surface area contributed by atoms with Crippen molar-refractivity contribution in [2.24, 2.45) is 5.92 Å². The van der Waals surface area contributed by atoms with Crippen LogP contribution in [0.5, 0.6) is 0 Å². The third-order valence-electron chi connectivity index (χ3n) is 4.94. The van der Waals surface area contributed by atoms with Crippen LogP contribution in [0.2, 0.25) is 0 Å². The molecule has 0 amide bonds. The smallest absolute Gasteiger partial charge is 0.212 e. The van der Waals surface area contributed by atoms with Gasteiger partial charge in [0.05, 0.1) is 5.75 Å². The number of hydrogen-bond donors (Lipinski definition) is 2. The molecule has 4 nitrogen and oxygen atoms in total. The lowest BCUT2D eigenvalue weighted by Gasteiger charge is -2.44. The van der Waals surface area contributed by atoms with Gasteiger partial charge in [-0.05, 0) is 51.0 Å². The molecule has 2 saturated carbocycles. The van der Waals surface area contributed by atoms with Gasteiger partial charge in [-0.2, -0.15) is 0 Å². The van der Waals surface area contributed by atoms with Crippen LogP contribution in [-0.2, 0) is 10.0 Å². The van der Waals surface area contributed by atoms with Crippen LogP contribution in [0, 0.1) is 5.92 Å². The first-order valence-electron chi connectivity index (χ1n) is 7.82. The van der Waals surface area contributed by atoms with E-state index in [0.717, 1.165) is 32.2 Å². The van der Waals surface area contributed by atoms with Crippen molar-refractivity contribution >= 4 is 10.0 Å². The molecule has 110 valence electrons. The second-order valence-corrected chi connectivity index (χ2v) is 8.60. The SMILES string of the molecule is O=S(=O)(CC1CC1)NC1CCNC2(CCCCC2)C1. The first kappa shape index (κ1) is 13.8. The molecule has 19 heavy (non-hydrogen) atoms. The molecular weight excluding hydrogens is 260 g/mol.